The summed E-state index contributed by atoms with van der Waals surface area (Å²) < 4.78 is 0. The highest BCUT2D eigenvalue weighted by molar-refractivity contribution is 8.00. The normalized spacial score (nSPS) is 23.3. The fourth-order valence-electron chi connectivity index (χ4n) is 9.19. The monoisotopic (exact) mass is 750 g/mol. The van der Waals surface area contributed by atoms with Crippen molar-refractivity contribution in [2.75, 3.05) is 18.8 Å². The Morgan fingerprint density at radius 3 is 2.44 bits per heavy atom. The highest BCUT2D eigenvalue weighted by Crippen LogP contribution is 2.47. The molecule has 0 spiro atoms. The van der Waals surface area contributed by atoms with Gasteiger partial charge in [0.25, 0.3) is 5.91 Å². The van der Waals surface area contributed by atoms with E-state index in [2.05, 4.69) is 33.9 Å². The molecule has 5 atom stereocenters. The molecule has 3 aliphatic heterocycles. The number of aromatic nitrogens is 4. The third-order valence-corrected chi connectivity index (χ3v) is 13.7. The highest BCUT2D eigenvalue weighted by atomic mass is 32.2. The molecule has 10 heteroatoms. The van der Waals surface area contributed by atoms with Crippen molar-refractivity contribution < 1.29 is 14.4 Å². The number of hydrogen-bond donors (Lipinski definition) is 2. The average molecular weight is 751 g/mol. The smallest absolute Gasteiger partial charge is 0.254 e. The number of amides is 2. The van der Waals surface area contributed by atoms with E-state index in [1.165, 1.54) is 0 Å². The Hall–Kier alpha value is -5.14. The van der Waals surface area contributed by atoms with E-state index in [0.717, 1.165) is 122 Å². The highest BCUT2D eigenvalue weighted by Gasteiger charge is 2.43. The molecule has 2 amide bonds. The van der Waals surface area contributed by atoms with E-state index in [1.807, 2.05) is 88.4 Å². The van der Waals surface area contributed by atoms with E-state index in [9.17, 15) is 14.4 Å². The zero-order valence-electron chi connectivity index (χ0n) is 31.0. The summed E-state index contributed by atoms with van der Waals surface area (Å²) in [4.78, 5) is 59.0. The number of likely N-dealkylation sites (tertiary alicyclic amines) is 2. The number of fused-ring (bicyclic) bond motifs is 2. The molecular weight excluding hydrogens is 705 g/mol. The molecule has 9 nitrogen and oxygen atoms in total. The maximum atomic E-state index is 13.3. The molecule has 4 aliphatic rings. The molecule has 5 heterocycles. The Balaban J connectivity index is 0.799. The maximum absolute atomic E-state index is 13.3. The second-order valence-electron chi connectivity index (χ2n) is 15.6. The number of nitrogens with zero attached hydrogens (tertiary/aromatic N) is 4. The second kappa shape index (κ2) is 15.5. The fraction of sp³-hybridized carbons (Fsp3) is 0.400. The van der Waals surface area contributed by atoms with E-state index >= 15 is 0 Å². The minimum Gasteiger partial charge on any atom is -0.340 e. The molecule has 0 bridgehead atoms. The van der Waals surface area contributed by atoms with E-state index in [1.54, 1.807) is 0 Å². The van der Waals surface area contributed by atoms with Crippen LogP contribution in [-0.4, -0.2) is 71.4 Å². The van der Waals surface area contributed by atoms with E-state index in [0.29, 0.717) is 34.9 Å². The number of unbranched alkanes of at least 4 members (excludes halogenated alkanes) is 1. The second-order valence-corrected chi connectivity index (χ2v) is 16.9. The predicted molar refractivity (Wildman–Crippen MR) is 215 cm³/mol. The molecule has 3 saturated heterocycles. The molecule has 5 aromatic rings. The Morgan fingerprint density at radius 2 is 1.60 bits per heavy atom. The number of thioether (sulfide) groups is 1. The van der Waals surface area contributed by atoms with Gasteiger partial charge in [-0.1, -0.05) is 48.6 Å². The number of hydrogen-bond acceptors (Lipinski definition) is 6. The minimum atomic E-state index is -0.0742. The minimum absolute atomic E-state index is 0.0146. The molecule has 4 fully saturated rings. The zero-order chi connectivity index (χ0) is 37.3. The van der Waals surface area contributed by atoms with Gasteiger partial charge in [-0.3, -0.25) is 14.4 Å². The van der Waals surface area contributed by atoms with Gasteiger partial charge in [-0.15, -0.1) is 0 Å². The van der Waals surface area contributed by atoms with Crippen LogP contribution in [0.15, 0.2) is 79.0 Å². The van der Waals surface area contributed by atoms with Crippen molar-refractivity contribution >= 4 is 40.4 Å². The number of nitrogens with one attached hydrogen (secondary N) is 2. The average Bonchev–Trinajstić information content (AvgIpc) is 4.07. The van der Waals surface area contributed by atoms with Gasteiger partial charge < -0.3 is 19.8 Å². The van der Waals surface area contributed by atoms with Gasteiger partial charge in [-0.2, -0.15) is 11.8 Å². The van der Waals surface area contributed by atoms with Crippen molar-refractivity contribution in [1.82, 2.24) is 29.7 Å². The lowest BCUT2D eigenvalue weighted by atomic mass is 9.92. The number of ketones is 1. The molecule has 0 unspecified atom stereocenters. The van der Waals surface area contributed by atoms with Gasteiger partial charge in [-0.25, -0.2) is 9.97 Å². The molecule has 1 aliphatic carbocycles. The third-order valence-electron chi connectivity index (χ3n) is 12.1. The lowest BCUT2D eigenvalue weighted by Crippen LogP contribution is -2.31. The van der Waals surface area contributed by atoms with Crippen LogP contribution in [0.3, 0.4) is 0 Å². The van der Waals surface area contributed by atoms with Crippen molar-refractivity contribution in [3.63, 3.8) is 0 Å². The predicted octanol–water partition coefficient (Wildman–Crippen LogP) is 8.26. The van der Waals surface area contributed by atoms with Crippen molar-refractivity contribution in [3.8, 4) is 23.1 Å². The van der Waals surface area contributed by atoms with Gasteiger partial charge in [0.2, 0.25) is 5.91 Å². The first kappa shape index (κ1) is 35.6. The maximum Gasteiger partial charge on any atom is 0.254 e. The topological polar surface area (TPSA) is 115 Å². The number of imidazole rings is 2. The molecule has 280 valence electrons. The van der Waals surface area contributed by atoms with Crippen LogP contribution < -0.4 is 0 Å². The number of Topliss-reactive ketones (excluding diaryl/α,β-unsaturated/α-hetero) is 1. The lowest BCUT2D eigenvalue weighted by molar-refractivity contribution is -0.132. The summed E-state index contributed by atoms with van der Waals surface area (Å²) in [5.41, 5.74) is 6.22. The molecule has 2 N–H and O–H groups in total. The first-order chi connectivity index (χ1) is 27.0. The van der Waals surface area contributed by atoms with Crippen molar-refractivity contribution in [2.24, 2.45) is 11.8 Å². The first-order valence-electron chi connectivity index (χ1n) is 19.9. The number of carbonyl (C=O) groups excluding carboxylic acids is 3. The summed E-state index contributed by atoms with van der Waals surface area (Å²) in [7, 11) is 0. The van der Waals surface area contributed by atoms with Crippen LogP contribution in [0.4, 0.5) is 0 Å². The number of rotatable bonds is 9. The summed E-state index contributed by atoms with van der Waals surface area (Å²) in [6, 6.07) is 23.5. The van der Waals surface area contributed by atoms with Gasteiger partial charge in [-0.05, 0) is 104 Å². The van der Waals surface area contributed by atoms with Crippen molar-refractivity contribution in [3.05, 3.63) is 107 Å². The van der Waals surface area contributed by atoms with Crippen LogP contribution in [-0.2, 0) is 9.59 Å². The largest absolute Gasteiger partial charge is 0.340 e. The van der Waals surface area contributed by atoms with Gasteiger partial charge in [0.05, 0.1) is 35.0 Å². The van der Waals surface area contributed by atoms with Gasteiger partial charge in [0.15, 0.2) is 0 Å². The quantitative estimate of drug-likeness (QED) is 0.116. The Kier molecular flexibility index (Phi) is 10.0. The zero-order valence-corrected chi connectivity index (χ0v) is 31.8. The Morgan fingerprint density at radius 1 is 0.836 bits per heavy atom. The van der Waals surface area contributed by atoms with Crippen LogP contribution in [0.1, 0.15) is 109 Å². The third kappa shape index (κ3) is 7.47. The number of carbonyl (C=O) groups is 3. The molecule has 55 heavy (non-hydrogen) atoms. The first-order valence-corrected chi connectivity index (χ1v) is 21.0. The van der Waals surface area contributed by atoms with Crippen LogP contribution in [0.25, 0.3) is 22.3 Å². The molecular formula is C45H46N6O3S. The van der Waals surface area contributed by atoms with Crippen molar-refractivity contribution in [2.45, 2.75) is 81.5 Å². The van der Waals surface area contributed by atoms with E-state index in [4.69, 9.17) is 9.97 Å². The number of benzene rings is 3. The molecule has 3 aromatic carbocycles. The van der Waals surface area contributed by atoms with Gasteiger partial charge in [0, 0.05) is 54.3 Å². The summed E-state index contributed by atoms with van der Waals surface area (Å²) in [5, 5.41) is 0.593. The Bertz CT molecular complexity index is 2270. The molecule has 0 radical (unpaired) electrons. The molecule has 9 rings (SSSR count). The molecule has 2 aromatic heterocycles. The summed E-state index contributed by atoms with van der Waals surface area (Å²) in [5.74, 6) is 11.3. The van der Waals surface area contributed by atoms with Gasteiger partial charge in [0.1, 0.15) is 17.4 Å². The van der Waals surface area contributed by atoms with E-state index < -0.39 is 0 Å². The summed E-state index contributed by atoms with van der Waals surface area (Å²) in [6.45, 7) is 1.50. The fourth-order valence-corrected chi connectivity index (χ4v) is 11.0. The van der Waals surface area contributed by atoms with Crippen LogP contribution >= 0.6 is 11.8 Å². The number of H-pyrrole nitrogens is 2. The SMILES string of the molecule is O=C1C[C@H]2CS[C@@H](CCCCC(=O)N3CCC[C@@H]3c3ncc(-c4ccc(C#Cc5ccc6nc([C@H]7CCCN7C(=O)c7ccccc7)[nH]c6c5)cc4)[nH]3)[C@H]2C1. The van der Waals surface area contributed by atoms with Crippen LogP contribution in [0, 0.1) is 23.7 Å². The van der Waals surface area contributed by atoms with Crippen molar-refractivity contribution in [1.29, 1.82) is 0 Å². The summed E-state index contributed by atoms with van der Waals surface area (Å²) in [6.07, 6.45) is 10.8. The molecule has 1 saturated carbocycles. The van der Waals surface area contributed by atoms with Crippen LogP contribution in [0.2, 0.25) is 0 Å². The van der Waals surface area contributed by atoms with Gasteiger partial charge >= 0.3 is 0 Å². The van der Waals surface area contributed by atoms with E-state index in [-0.39, 0.29) is 23.9 Å². The van der Waals surface area contributed by atoms with Crippen LogP contribution in [0.5, 0.6) is 0 Å². The standard InChI is InChI=1S/C45H46N6O3S/c52-34-25-33-28-55-41(35(33)26-34)12-4-5-13-42(53)50-22-6-10-39(50)43-46-27-38(49-43)31-19-16-29(17-20-31)14-15-30-18-21-36-37(24-30)48-44(47-36)40-11-7-23-51(40)45(54)32-8-2-1-3-9-32/h1-3,8-9,16-21,24,27,33,35,39-41H,4-7,10-13,22-23,25-26,28H2,(H,46,49)(H,47,48)/t33-,35-,39+,40+,41-/m0/s1. The number of aromatic amines is 2. The summed E-state index contributed by atoms with van der Waals surface area (Å²) >= 11 is 2.05. The Labute approximate surface area is 326 Å². The lowest BCUT2D eigenvalue weighted by Gasteiger charge is -2.23.